The number of halogens is 2. The predicted molar refractivity (Wildman–Crippen MR) is 113 cm³/mol. The van der Waals surface area contributed by atoms with Crippen molar-refractivity contribution in [2.75, 3.05) is 41.8 Å². The van der Waals surface area contributed by atoms with Crippen molar-refractivity contribution in [2.45, 2.75) is 6.42 Å². The van der Waals surface area contributed by atoms with E-state index in [0.29, 0.717) is 24.7 Å². The van der Waals surface area contributed by atoms with Crippen LogP contribution in [0.3, 0.4) is 0 Å². The van der Waals surface area contributed by atoms with Gasteiger partial charge in [0.15, 0.2) is 5.82 Å². The van der Waals surface area contributed by atoms with Crippen molar-refractivity contribution < 1.29 is 18.3 Å². The summed E-state index contributed by atoms with van der Waals surface area (Å²) in [5, 5.41) is 14.1. The van der Waals surface area contributed by atoms with Crippen LogP contribution in [0.15, 0.2) is 54.7 Å². The van der Waals surface area contributed by atoms with Crippen molar-refractivity contribution in [2.24, 2.45) is 0 Å². The van der Waals surface area contributed by atoms with Crippen LogP contribution in [0.2, 0.25) is 0 Å². The van der Waals surface area contributed by atoms with Gasteiger partial charge in [-0.15, -0.1) is 5.10 Å². The summed E-state index contributed by atoms with van der Waals surface area (Å²) in [4.78, 5) is 14.4. The zero-order chi connectivity index (χ0) is 21.6. The van der Waals surface area contributed by atoms with Crippen molar-refractivity contribution in [3.63, 3.8) is 0 Å². The summed E-state index contributed by atoms with van der Waals surface area (Å²) in [6.45, 7) is 2.99. The van der Waals surface area contributed by atoms with Gasteiger partial charge >= 0.3 is 0 Å². The molecule has 1 aliphatic heterocycles. The number of hydrogen-bond acceptors (Lipinski definition) is 6. The highest BCUT2D eigenvalue weighted by Crippen LogP contribution is 2.22. The largest absolute Gasteiger partial charge is 0.378 e. The number of hydrogen-bond donors (Lipinski definition) is 2. The molecule has 0 spiro atoms. The average molecular weight is 425 g/mol. The smallest absolute Gasteiger partial charge is 0.228 e. The normalized spacial score (nSPS) is 13.7. The van der Waals surface area contributed by atoms with Crippen LogP contribution in [0.4, 0.5) is 31.7 Å². The number of nitrogens with zero attached hydrogens (tertiary/aromatic N) is 3. The molecular formula is C22H21F2N5O2. The summed E-state index contributed by atoms with van der Waals surface area (Å²) in [6.07, 6.45) is 1.54. The number of amides is 1. The molecule has 7 nitrogen and oxygen atoms in total. The Labute approximate surface area is 178 Å². The molecule has 2 aromatic carbocycles. The molecule has 9 heteroatoms. The quantitative estimate of drug-likeness (QED) is 0.629. The number of carbonyl (C=O) groups excluding carboxylic acids is 1. The lowest BCUT2D eigenvalue weighted by atomic mass is 10.1. The van der Waals surface area contributed by atoms with Gasteiger partial charge in [0.1, 0.15) is 11.6 Å². The first kappa shape index (κ1) is 20.7. The SMILES string of the molecule is O=C(Cc1ccc(F)cc1F)Nc1ccc(Nc2cc(N3CCOCC3)cnn2)cc1. The van der Waals surface area contributed by atoms with Crippen molar-refractivity contribution in [1.82, 2.24) is 10.2 Å². The third-order valence-corrected chi connectivity index (χ3v) is 4.82. The Balaban J connectivity index is 1.35. The van der Waals surface area contributed by atoms with Crippen molar-refractivity contribution in [3.8, 4) is 0 Å². The molecule has 2 N–H and O–H groups in total. The van der Waals surface area contributed by atoms with E-state index in [-0.39, 0.29) is 12.0 Å². The fraction of sp³-hybridized carbons (Fsp3) is 0.227. The monoisotopic (exact) mass is 425 g/mol. The van der Waals surface area contributed by atoms with Gasteiger partial charge in [0.25, 0.3) is 0 Å². The molecular weight excluding hydrogens is 404 g/mol. The topological polar surface area (TPSA) is 79.4 Å². The van der Waals surface area contributed by atoms with Gasteiger partial charge < -0.3 is 20.3 Å². The lowest BCUT2D eigenvalue weighted by Crippen LogP contribution is -2.36. The molecule has 1 fully saturated rings. The number of aromatic nitrogens is 2. The number of morpholine rings is 1. The molecule has 0 radical (unpaired) electrons. The highest BCUT2D eigenvalue weighted by Gasteiger charge is 2.13. The lowest BCUT2D eigenvalue weighted by Gasteiger charge is -2.28. The summed E-state index contributed by atoms with van der Waals surface area (Å²) >= 11 is 0. The van der Waals surface area contributed by atoms with Crippen molar-refractivity contribution in [3.05, 3.63) is 71.9 Å². The third-order valence-electron chi connectivity index (χ3n) is 4.82. The molecule has 0 saturated carbocycles. The fourth-order valence-electron chi connectivity index (χ4n) is 3.24. The van der Waals surface area contributed by atoms with E-state index in [1.807, 2.05) is 6.07 Å². The summed E-state index contributed by atoms with van der Waals surface area (Å²) in [6, 6.07) is 12.1. The van der Waals surface area contributed by atoms with E-state index in [1.54, 1.807) is 30.5 Å². The summed E-state index contributed by atoms with van der Waals surface area (Å²) in [5.74, 6) is -1.21. The van der Waals surface area contributed by atoms with E-state index < -0.39 is 17.5 Å². The Morgan fingerprint density at radius 2 is 1.77 bits per heavy atom. The number of anilines is 4. The molecule has 0 unspecified atom stereocenters. The minimum absolute atomic E-state index is 0.135. The molecule has 2 heterocycles. The van der Waals surface area contributed by atoms with Gasteiger partial charge in [-0.2, -0.15) is 5.10 Å². The molecule has 1 amide bonds. The standard InChI is InChI=1S/C22H21F2N5O2/c23-16-2-1-15(20(24)12-16)11-22(30)27-18-5-3-17(4-6-18)26-21-13-19(14-25-28-21)29-7-9-31-10-8-29/h1-6,12-14H,7-11H2,(H,26,28)(H,27,30). The first-order valence-corrected chi connectivity index (χ1v) is 9.83. The first-order chi connectivity index (χ1) is 15.1. The second kappa shape index (κ2) is 9.48. The number of carbonyl (C=O) groups is 1. The van der Waals surface area contributed by atoms with Crippen LogP contribution in [0, 0.1) is 11.6 Å². The first-order valence-electron chi connectivity index (χ1n) is 9.83. The number of benzene rings is 2. The molecule has 0 aliphatic carbocycles. The van der Waals surface area contributed by atoms with Gasteiger partial charge in [0.2, 0.25) is 5.91 Å². The van der Waals surface area contributed by atoms with Crippen LogP contribution in [0.1, 0.15) is 5.56 Å². The Kier molecular flexibility index (Phi) is 6.32. The van der Waals surface area contributed by atoms with Crippen LogP contribution < -0.4 is 15.5 Å². The number of ether oxygens (including phenoxy) is 1. The minimum Gasteiger partial charge on any atom is -0.378 e. The van der Waals surface area contributed by atoms with Crippen LogP contribution >= 0.6 is 0 Å². The minimum atomic E-state index is -0.741. The maximum atomic E-state index is 13.7. The van der Waals surface area contributed by atoms with E-state index in [4.69, 9.17) is 4.74 Å². The second-order valence-electron chi connectivity index (χ2n) is 7.06. The molecule has 1 aromatic heterocycles. The van der Waals surface area contributed by atoms with Crippen LogP contribution in [-0.2, 0) is 16.0 Å². The maximum absolute atomic E-state index is 13.7. The van der Waals surface area contributed by atoms with Gasteiger partial charge in [0, 0.05) is 36.6 Å². The van der Waals surface area contributed by atoms with Crippen LogP contribution in [0.25, 0.3) is 0 Å². The number of rotatable bonds is 6. The van der Waals surface area contributed by atoms with Crippen LogP contribution in [-0.4, -0.2) is 42.4 Å². The van der Waals surface area contributed by atoms with Crippen molar-refractivity contribution in [1.29, 1.82) is 0 Å². The number of nitrogens with one attached hydrogen (secondary N) is 2. The second-order valence-corrected chi connectivity index (χ2v) is 7.06. The summed E-state index contributed by atoms with van der Waals surface area (Å²) in [7, 11) is 0. The van der Waals surface area contributed by atoms with Gasteiger partial charge in [-0.25, -0.2) is 8.78 Å². The predicted octanol–water partition coefficient (Wildman–Crippen LogP) is 3.52. The Morgan fingerprint density at radius 3 is 2.52 bits per heavy atom. The van der Waals surface area contributed by atoms with Gasteiger partial charge in [0.05, 0.1) is 31.5 Å². The van der Waals surface area contributed by atoms with Crippen LogP contribution in [0.5, 0.6) is 0 Å². The van der Waals surface area contributed by atoms with E-state index in [9.17, 15) is 13.6 Å². The zero-order valence-corrected chi connectivity index (χ0v) is 16.6. The highest BCUT2D eigenvalue weighted by atomic mass is 19.1. The summed E-state index contributed by atoms with van der Waals surface area (Å²) < 4.78 is 32.1. The lowest BCUT2D eigenvalue weighted by molar-refractivity contribution is -0.115. The van der Waals surface area contributed by atoms with Gasteiger partial charge in [-0.3, -0.25) is 4.79 Å². The van der Waals surface area contributed by atoms with E-state index in [0.717, 1.165) is 36.6 Å². The van der Waals surface area contributed by atoms with E-state index in [1.165, 1.54) is 6.07 Å². The Morgan fingerprint density at radius 1 is 1.03 bits per heavy atom. The molecule has 4 rings (SSSR count). The van der Waals surface area contributed by atoms with Crippen molar-refractivity contribution >= 4 is 28.8 Å². The van der Waals surface area contributed by atoms with Gasteiger partial charge in [-0.05, 0) is 35.9 Å². The molecule has 160 valence electrons. The zero-order valence-electron chi connectivity index (χ0n) is 16.6. The molecule has 3 aromatic rings. The van der Waals surface area contributed by atoms with Gasteiger partial charge in [-0.1, -0.05) is 6.07 Å². The Bertz CT molecular complexity index is 1060. The Hall–Kier alpha value is -3.59. The molecule has 0 atom stereocenters. The molecule has 0 bridgehead atoms. The molecule has 1 saturated heterocycles. The molecule has 31 heavy (non-hydrogen) atoms. The average Bonchev–Trinajstić information content (AvgIpc) is 2.78. The fourth-order valence-corrected chi connectivity index (χ4v) is 3.24. The van der Waals surface area contributed by atoms with E-state index >= 15 is 0 Å². The highest BCUT2D eigenvalue weighted by molar-refractivity contribution is 5.92. The van der Waals surface area contributed by atoms with E-state index in [2.05, 4.69) is 25.7 Å². The maximum Gasteiger partial charge on any atom is 0.228 e. The third kappa shape index (κ3) is 5.52. The molecule has 1 aliphatic rings. The summed E-state index contributed by atoms with van der Waals surface area (Å²) in [5.41, 5.74) is 2.44.